The second kappa shape index (κ2) is 9.91. The average molecular weight is 557 g/mol. The lowest BCUT2D eigenvalue weighted by atomic mass is 10.2. The number of hydrogen-bond acceptors (Lipinski definition) is 5. The summed E-state index contributed by atoms with van der Waals surface area (Å²) in [6.45, 7) is 0.538. The number of nitrogens with one attached hydrogen (secondary N) is 1. The molecule has 0 bridgehead atoms. The predicted molar refractivity (Wildman–Crippen MR) is 126 cm³/mol. The zero-order valence-electron chi connectivity index (χ0n) is 16.2. The monoisotopic (exact) mass is 554 g/mol. The minimum Gasteiger partial charge on any atom is -0.470 e. The van der Waals surface area contributed by atoms with Crippen LogP contribution in [0, 0.1) is 0 Å². The van der Waals surface area contributed by atoms with Gasteiger partial charge in [-0.1, -0.05) is 40.9 Å². The van der Waals surface area contributed by atoms with Crippen molar-refractivity contribution in [2.24, 2.45) is 0 Å². The summed E-state index contributed by atoms with van der Waals surface area (Å²) < 4.78 is 9.47. The number of anilines is 1. The van der Waals surface area contributed by atoms with Crippen molar-refractivity contribution in [2.75, 3.05) is 5.32 Å². The van der Waals surface area contributed by atoms with Crippen molar-refractivity contribution in [1.82, 2.24) is 24.5 Å². The van der Waals surface area contributed by atoms with Crippen molar-refractivity contribution >= 4 is 62.6 Å². The topological polar surface area (TPSA) is 86.9 Å². The lowest BCUT2D eigenvalue weighted by Crippen LogP contribution is -2.15. The van der Waals surface area contributed by atoms with Gasteiger partial charge in [-0.25, -0.2) is 14.3 Å². The Balaban J connectivity index is 1.34. The molecular formula is C20H14BrCl3N6O2. The molecule has 0 unspecified atom stereocenters. The molecule has 0 saturated heterocycles. The number of amides is 1. The van der Waals surface area contributed by atoms with Crippen LogP contribution in [-0.4, -0.2) is 30.5 Å². The molecular weight excluding hydrogens is 543 g/mol. The van der Waals surface area contributed by atoms with E-state index in [1.807, 2.05) is 6.07 Å². The summed E-state index contributed by atoms with van der Waals surface area (Å²) >= 11 is 21.3. The Bertz CT molecular complexity index is 1280. The molecule has 1 amide bonds. The molecule has 0 fully saturated rings. The van der Waals surface area contributed by atoms with Gasteiger partial charge in [-0.2, -0.15) is 5.10 Å². The SMILES string of the molecule is O=C(Nc1ncn(Cc2ccc(Cl)c(Cl)c2)n1)c1ccn(COc2ccc(Cl)cc2Br)n1. The molecule has 0 radical (unpaired) electrons. The molecule has 2 aromatic heterocycles. The molecule has 0 spiro atoms. The minimum absolute atomic E-state index is 0.115. The molecule has 8 nitrogen and oxygen atoms in total. The number of rotatable bonds is 7. The molecule has 4 aromatic rings. The first kappa shape index (κ1) is 22.6. The second-order valence-electron chi connectivity index (χ2n) is 6.56. The van der Waals surface area contributed by atoms with Crippen LogP contribution in [0.3, 0.4) is 0 Å². The molecule has 0 aliphatic heterocycles. The van der Waals surface area contributed by atoms with E-state index in [2.05, 4.69) is 36.4 Å². The van der Waals surface area contributed by atoms with Crippen LogP contribution >= 0.6 is 50.7 Å². The van der Waals surface area contributed by atoms with Gasteiger partial charge in [-0.3, -0.25) is 10.1 Å². The first-order valence-corrected chi connectivity index (χ1v) is 11.1. The molecule has 2 heterocycles. The predicted octanol–water partition coefficient (Wildman–Crippen LogP) is 5.53. The fourth-order valence-electron chi connectivity index (χ4n) is 2.70. The van der Waals surface area contributed by atoms with E-state index < -0.39 is 5.91 Å². The molecule has 1 N–H and O–H groups in total. The first-order chi connectivity index (χ1) is 15.4. The Morgan fingerprint density at radius 3 is 2.66 bits per heavy atom. The van der Waals surface area contributed by atoms with E-state index in [0.29, 0.717) is 27.4 Å². The average Bonchev–Trinajstić information content (AvgIpc) is 3.40. The van der Waals surface area contributed by atoms with Crippen molar-refractivity contribution < 1.29 is 9.53 Å². The number of carbonyl (C=O) groups is 1. The molecule has 12 heteroatoms. The lowest BCUT2D eigenvalue weighted by molar-refractivity contribution is 0.101. The summed E-state index contributed by atoms with van der Waals surface area (Å²) in [5.74, 6) is 0.322. The third kappa shape index (κ3) is 5.60. The van der Waals surface area contributed by atoms with Crippen LogP contribution in [0.2, 0.25) is 15.1 Å². The largest absolute Gasteiger partial charge is 0.470 e. The summed E-state index contributed by atoms with van der Waals surface area (Å²) in [6.07, 6.45) is 3.14. The van der Waals surface area contributed by atoms with Crippen LogP contribution in [0.5, 0.6) is 5.75 Å². The van der Waals surface area contributed by atoms with E-state index in [1.54, 1.807) is 47.3 Å². The third-order valence-corrected chi connectivity index (χ3v) is 5.80. The zero-order chi connectivity index (χ0) is 22.7. The molecule has 0 aliphatic carbocycles. The Morgan fingerprint density at radius 1 is 1.03 bits per heavy atom. The van der Waals surface area contributed by atoms with Gasteiger partial charge in [0.15, 0.2) is 12.4 Å². The van der Waals surface area contributed by atoms with Gasteiger partial charge < -0.3 is 4.74 Å². The van der Waals surface area contributed by atoms with Crippen molar-refractivity contribution in [1.29, 1.82) is 0 Å². The Kier molecular flexibility index (Phi) is 7.00. The van der Waals surface area contributed by atoms with E-state index in [0.717, 1.165) is 10.0 Å². The fraction of sp³-hybridized carbons (Fsp3) is 0.100. The maximum absolute atomic E-state index is 12.5. The highest BCUT2D eigenvalue weighted by Gasteiger charge is 2.13. The first-order valence-electron chi connectivity index (χ1n) is 9.13. The molecule has 32 heavy (non-hydrogen) atoms. The number of carbonyl (C=O) groups excluding carboxylic acids is 1. The lowest BCUT2D eigenvalue weighted by Gasteiger charge is -2.08. The van der Waals surface area contributed by atoms with E-state index >= 15 is 0 Å². The molecule has 0 aliphatic rings. The standard InChI is InChI=1S/C20H14BrCl3N6O2/c21-14-8-13(22)2-4-18(14)32-11-29-6-5-17(27-29)19(31)26-20-25-10-30(28-20)9-12-1-3-15(23)16(24)7-12/h1-8,10H,9,11H2,(H,26,28,31). The van der Waals surface area contributed by atoms with Crippen LogP contribution in [0.1, 0.15) is 16.1 Å². The van der Waals surface area contributed by atoms with Gasteiger partial charge in [0, 0.05) is 11.2 Å². The highest BCUT2D eigenvalue weighted by molar-refractivity contribution is 9.10. The maximum Gasteiger partial charge on any atom is 0.278 e. The zero-order valence-corrected chi connectivity index (χ0v) is 20.0. The Morgan fingerprint density at radius 2 is 1.88 bits per heavy atom. The van der Waals surface area contributed by atoms with Gasteiger partial charge in [0.05, 0.1) is 21.1 Å². The molecule has 164 valence electrons. The Labute approximate surface area is 206 Å². The van der Waals surface area contributed by atoms with E-state index in [4.69, 9.17) is 39.5 Å². The van der Waals surface area contributed by atoms with E-state index in [9.17, 15) is 4.79 Å². The number of ether oxygens (including phenoxy) is 1. The van der Waals surface area contributed by atoms with Crippen LogP contribution < -0.4 is 10.1 Å². The maximum atomic E-state index is 12.5. The quantitative estimate of drug-likeness (QED) is 0.323. The molecule has 4 rings (SSSR count). The summed E-state index contributed by atoms with van der Waals surface area (Å²) in [6, 6.07) is 12.1. The minimum atomic E-state index is -0.441. The Hall–Kier alpha value is -2.59. The van der Waals surface area contributed by atoms with Crippen LogP contribution in [0.15, 0.2) is 59.5 Å². The highest BCUT2D eigenvalue weighted by atomic mass is 79.9. The van der Waals surface area contributed by atoms with Gasteiger partial charge in [0.2, 0.25) is 5.95 Å². The van der Waals surface area contributed by atoms with Crippen LogP contribution in [0.25, 0.3) is 0 Å². The van der Waals surface area contributed by atoms with E-state index in [-0.39, 0.29) is 18.4 Å². The summed E-state index contributed by atoms with van der Waals surface area (Å²) in [7, 11) is 0. The smallest absolute Gasteiger partial charge is 0.278 e. The van der Waals surface area contributed by atoms with Crippen molar-refractivity contribution in [3.05, 3.63) is 85.8 Å². The van der Waals surface area contributed by atoms with Gasteiger partial charge >= 0.3 is 0 Å². The molecule has 2 aromatic carbocycles. The van der Waals surface area contributed by atoms with Gasteiger partial charge in [-0.15, -0.1) is 5.10 Å². The number of nitrogens with zero attached hydrogens (tertiary/aromatic N) is 5. The number of aromatic nitrogens is 5. The molecule has 0 atom stereocenters. The third-order valence-electron chi connectivity index (χ3n) is 4.21. The summed E-state index contributed by atoms with van der Waals surface area (Å²) in [5.41, 5.74) is 1.10. The molecule has 0 saturated carbocycles. The van der Waals surface area contributed by atoms with Crippen LogP contribution in [-0.2, 0) is 13.3 Å². The number of halogens is 4. The van der Waals surface area contributed by atoms with Crippen molar-refractivity contribution in [3.63, 3.8) is 0 Å². The fourth-order valence-corrected chi connectivity index (χ4v) is 3.82. The summed E-state index contributed by atoms with van der Waals surface area (Å²) in [4.78, 5) is 16.6. The number of benzene rings is 2. The normalized spacial score (nSPS) is 10.9. The van der Waals surface area contributed by atoms with Crippen molar-refractivity contribution in [2.45, 2.75) is 13.3 Å². The van der Waals surface area contributed by atoms with Gasteiger partial charge in [-0.05, 0) is 57.9 Å². The second-order valence-corrected chi connectivity index (χ2v) is 8.66. The summed E-state index contributed by atoms with van der Waals surface area (Å²) in [5, 5.41) is 12.6. The van der Waals surface area contributed by atoms with Crippen LogP contribution in [0.4, 0.5) is 5.95 Å². The van der Waals surface area contributed by atoms with Gasteiger partial charge in [0.25, 0.3) is 5.91 Å². The van der Waals surface area contributed by atoms with Gasteiger partial charge in [0.1, 0.15) is 12.1 Å². The number of hydrogen-bond donors (Lipinski definition) is 1. The van der Waals surface area contributed by atoms with E-state index in [1.165, 1.54) is 11.0 Å². The highest BCUT2D eigenvalue weighted by Crippen LogP contribution is 2.28. The van der Waals surface area contributed by atoms with Crippen molar-refractivity contribution in [3.8, 4) is 5.75 Å².